The second-order valence-electron chi connectivity index (χ2n) is 4.03. The molecule has 1 amide bonds. The van der Waals surface area contributed by atoms with Gasteiger partial charge in [-0.25, -0.2) is 0 Å². The molecule has 0 radical (unpaired) electrons. The lowest BCUT2D eigenvalue weighted by Gasteiger charge is -2.10. The van der Waals surface area contributed by atoms with Crippen LogP contribution in [0.3, 0.4) is 0 Å². The predicted octanol–water partition coefficient (Wildman–Crippen LogP) is 3.90. The van der Waals surface area contributed by atoms with E-state index in [2.05, 4.69) is 43.8 Å². The van der Waals surface area contributed by atoms with Gasteiger partial charge in [-0.1, -0.05) is 0 Å². The summed E-state index contributed by atoms with van der Waals surface area (Å²) in [4.78, 5) is 12.3. The topological polar surface area (TPSA) is 64.3 Å². The van der Waals surface area contributed by atoms with Crippen LogP contribution in [0, 0.1) is 3.57 Å². The van der Waals surface area contributed by atoms with E-state index in [0.29, 0.717) is 22.7 Å². The first kappa shape index (κ1) is 15.1. The molecule has 4 nitrogen and oxygen atoms in total. The quantitative estimate of drug-likeness (QED) is 0.555. The van der Waals surface area contributed by atoms with E-state index in [4.69, 9.17) is 10.5 Å². The molecule has 0 saturated heterocycles. The molecule has 0 atom stereocenters. The summed E-state index contributed by atoms with van der Waals surface area (Å²) >= 11 is 5.53. The molecular formula is C14H12BrIN2O2. The highest BCUT2D eigenvalue weighted by atomic mass is 127. The highest BCUT2D eigenvalue weighted by Gasteiger charge is 2.12. The van der Waals surface area contributed by atoms with E-state index < -0.39 is 0 Å². The predicted molar refractivity (Wildman–Crippen MR) is 92.2 cm³/mol. The molecule has 0 aliphatic carbocycles. The van der Waals surface area contributed by atoms with Gasteiger partial charge in [-0.05, 0) is 68.9 Å². The fourth-order valence-electron chi connectivity index (χ4n) is 1.64. The van der Waals surface area contributed by atoms with Crippen molar-refractivity contribution in [1.29, 1.82) is 0 Å². The van der Waals surface area contributed by atoms with Crippen LogP contribution in [0.2, 0.25) is 0 Å². The van der Waals surface area contributed by atoms with Crippen LogP contribution in [0.5, 0.6) is 5.75 Å². The number of anilines is 2. The summed E-state index contributed by atoms with van der Waals surface area (Å²) in [5.41, 5.74) is 7.46. The molecule has 0 aliphatic heterocycles. The average molecular weight is 447 g/mol. The summed E-state index contributed by atoms with van der Waals surface area (Å²) in [6.07, 6.45) is 0. The lowest BCUT2D eigenvalue weighted by molar-refractivity contribution is 0.102. The molecule has 0 spiro atoms. The maximum atomic E-state index is 12.3. The highest BCUT2D eigenvalue weighted by molar-refractivity contribution is 14.1. The maximum absolute atomic E-state index is 12.3. The molecule has 2 aromatic carbocycles. The minimum atomic E-state index is -0.216. The van der Waals surface area contributed by atoms with Crippen LogP contribution in [-0.2, 0) is 0 Å². The van der Waals surface area contributed by atoms with Crippen molar-refractivity contribution < 1.29 is 9.53 Å². The van der Waals surface area contributed by atoms with Crippen molar-refractivity contribution in [3.05, 3.63) is 50.0 Å². The molecule has 2 rings (SSSR count). The van der Waals surface area contributed by atoms with Crippen LogP contribution in [0.1, 0.15) is 10.4 Å². The van der Waals surface area contributed by atoms with Crippen molar-refractivity contribution in [2.24, 2.45) is 0 Å². The molecule has 0 bridgehead atoms. The van der Waals surface area contributed by atoms with Gasteiger partial charge in [-0.15, -0.1) is 0 Å². The van der Waals surface area contributed by atoms with Gasteiger partial charge in [0.1, 0.15) is 5.75 Å². The Kier molecular flexibility index (Phi) is 4.87. The maximum Gasteiger partial charge on any atom is 0.256 e. The number of benzene rings is 2. The molecule has 104 valence electrons. The van der Waals surface area contributed by atoms with E-state index in [-0.39, 0.29) is 5.91 Å². The van der Waals surface area contributed by atoms with Gasteiger partial charge in [0.2, 0.25) is 0 Å². The minimum Gasteiger partial charge on any atom is -0.497 e. The Morgan fingerprint density at radius 1 is 1.30 bits per heavy atom. The van der Waals surface area contributed by atoms with Gasteiger partial charge in [0.15, 0.2) is 0 Å². The molecule has 0 aliphatic rings. The van der Waals surface area contributed by atoms with Crippen molar-refractivity contribution in [1.82, 2.24) is 0 Å². The number of nitrogens with two attached hydrogens (primary N) is 1. The van der Waals surface area contributed by atoms with E-state index >= 15 is 0 Å². The SMILES string of the molecule is COc1ccc(NC(=O)c2cc(I)ccc2Br)c(N)c1. The van der Waals surface area contributed by atoms with Gasteiger partial charge in [-0.3, -0.25) is 4.79 Å². The minimum absolute atomic E-state index is 0.216. The van der Waals surface area contributed by atoms with Crippen LogP contribution >= 0.6 is 38.5 Å². The molecule has 20 heavy (non-hydrogen) atoms. The van der Waals surface area contributed by atoms with Crippen LogP contribution < -0.4 is 15.8 Å². The van der Waals surface area contributed by atoms with E-state index in [1.165, 1.54) is 0 Å². The number of nitrogens with one attached hydrogen (secondary N) is 1. The van der Waals surface area contributed by atoms with Crippen LogP contribution in [0.25, 0.3) is 0 Å². The summed E-state index contributed by atoms with van der Waals surface area (Å²) in [5.74, 6) is 0.434. The first-order chi connectivity index (χ1) is 9.51. The number of halogens is 2. The van der Waals surface area contributed by atoms with Crippen molar-refractivity contribution >= 4 is 55.8 Å². The molecule has 6 heteroatoms. The largest absolute Gasteiger partial charge is 0.497 e. The number of carbonyl (C=O) groups is 1. The molecule has 2 aromatic rings. The van der Waals surface area contributed by atoms with Gasteiger partial charge < -0.3 is 15.8 Å². The highest BCUT2D eigenvalue weighted by Crippen LogP contribution is 2.26. The molecular weight excluding hydrogens is 435 g/mol. The first-order valence-electron chi connectivity index (χ1n) is 5.71. The standard InChI is InChI=1S/C14H12BrIN2O2/c1-20-9-3-5-13(12(17)7-9)18-14(19)10-6-8(16)2-4-11(10)15/h2-7H,17H2,1H3,(H,18,19). The fourth-order valence-corrected chi connectivity index (χ4v) is 2.56. The van der Waals surface area contributed by atoms with Crippen LogP contribution in [-0.4, -0.2) is 13.0 Å². The van der Waals surface area contributed by atoms with Gasteiger partial charge in [0.05, 0.1) is 24.0 Å². The fraction of sp³-hybridized carbons (Fsp3) is 0.0714. The van der Waals surface area contributed by atoms with Crippen LogP contribution in [0.15, 0.2) is 40.9 Å². The van der Waals surface area contributed by atoms with Crippen molar-refractivity contribution in [2.45, 2.75) is 0 Å². The third-order valence-electron chi connectivity index (χ3n) is 2.68. The zero-order valence-electron chi connectivity index (χ0n) is 10.6. The molecule has 3 N–H and O–H groups in total. The number of nitrogen functional groups attached to an aromatic ring is 1. The Morgan fingerprint density at radius 3 is 2.70 bits per heavy atom. The Morgan fingerprint density at radius 2 is 2.05 bits per heavy atom. The lowest BCUT2D eigenvalue weighted by Crippen LogP contribution is -2.14. The third kappa shape index (κ3) is 3.43. The van der Waals surface area contributed by atoms with Crippen molar-refractivity contribution in [2.75, 3.05) is 18.2 Å². The number of hydrogen-bond acceptors (Lipinski definition) is 3. The molecule has 0 aromatic heterocycles. The second kappa shape index (κ2) is 6.45. The summed E-state index contributed by atoms with van der Waals surface area (Å²) in [5, 5.41) is 2.79. The van der Waals surface area contributed by atoms with E-state index in [0.717, 1.165) is 8.04 Å². The first-order valence-corrected chi connectivity index (χ1v) is 7.58. The van der Waals surface area contributed by atoms with E-state index in [1.54, 1.807) is 31.4 Å². The van der Waals surface area contributed by atoms with Crippen molar-refractivity contribution in [3.8, 4) is 5.75 Å². The zero-order valence-corrected chi connectivity index (χ0v) is 14.4. The van der Waals surface area contributed by atoms with Gasteiger partial charge >= 0.3 is 0 Å². The molecule has 0 heterocycles. The number of rotatable bonds is 3. The zero-order chi connectivity index (χ0) is 14.7. The second-order valence-corrected chi connectivity index (χ2v) is 6.13. The summed E-state index contributed by atoms with van der Waals surface area (Å²) in [7, 11) is 1.57. The normalized spacial score (nSPS) is 10.2. The number of carbonyl (C=O) groups excluding carboxylic acids is 1. The van der Waals surface area contributed by atoms with Crippen LogP contribution in [0.4, 0.5) is 11.4 Å². The molecule has 0 fully saturated rings. The van der Waals surface area contributed by atoms with E-state index in [9.17, 15) is 4.79 Å². The summed E-state index contributed by atoms with van der Waals surface area (Å²) < 4.78 is 6.80. The third-order valence-corrected chi connectivity index (χ3v) is 4.04. The van der Waals surface area contributed by atoms with Crippen molar-refractivity contribution in [3.63, 3.8) is 0 Å². The van der Waals surface area contributed by atoms with E-state index in [1.807, 2.05) is 12.1 Å². The number of ether oxygens (including phenoxy) is 1. The van der Waals surface area contributed by atoms with Gasteiger partial charge in [-0.2, -0.15) is 0 Å². The number of methoxy groups -OCH3 is 1. The smallest absolute Gasteiger partial charge is 0.256 e. The van der Waals surface area contributed by atoms with Gasteiger partial charge in [0, 0.05) is 14.1 Å². The Balaban J connectivity index is 2.25. The molecule has 0 unspecified atom stereocenters. The Bertz CT molecular complexity index is 662. The Hall–Kier alpha value is -1.28. The number of hydrogen-bond donors (Lipinski definition) is 2. The Labute approximate surface area is 139 Å². The molecule has 0 saturated carbocycles. The summed E-state index contributed by atoms with van der Waals surface area (Å²) in [6, 6.07) is 10.7. The van der Waals surface area contributed by atoms with Gasteiger partial charge in [0.25, 0.3) is 5.91 Å². The summed E-state index contributed by atoms with van der Waals surface area (Å²) in [6.45, 7) is 0. The lowest BCUT2D eigenvalue weighted by atomic mass is 10.2. The monoisotopic (exact) mass is 446 g/mol. The number of amides is 1. The average Bonchev–Trinajstić information content (AvgIpc) is 2.43.